The van der Waals surface area contributed by atoms with Gasteiger partial charge < -0.3 is 9.64 Å². The van der Waals surface area contributed by atoms with Crippen LogP contribution in [0.5, 0.6) is 0 Å². The number of hydrogen-bond acceptors (Lipinski definition) is 6. The molecule has 0 aliphatic carbocycles. The van der Waals surface area contributed by atoms with E-state index in [-0.39, 0.29) is 33.6 Å². The largest absolute Gasteiger partial charge is 0.462 e. The number of ether oxygens (including phenoxy) is 1. The van der Waals surface area contributed by atoms with Crippen molar-refractivity contribution in [3.05, 3.63) is 66.7 Å². The van der Waals surface area contributed by atoms with Crippen molar-refractivity contribution in [1.82, 2.24) is 14.0 Å². The molecule has 39 heavy (non-hydrogen) atoms. The number of piperidine rings is 1. The minimum atomic E-state index is -4.51. The molecule has 1 aliphatic heterocycles. The number of esters is 1. The Morgan fingerprint density at radius 2 is 1.77 bits per heavy atom. The lowest BCUT2D eigenvalue weighted by atomic mass is 10.1. The Hall–Kier alpha value is -3.41. The Balaban J connectivity index is 1.72. The quantitative estimate of drug-likeness (QED) is 0.401. The molecule has 0 spiro atoms. The molecule has 1 fully saturated rings. The van der Waals surface area contributed by atoms with Crippen molar-refractivity contribution in [1.29, 1.82) is 0 Å². The van der Waals surface area contributed by atoms with Gasteiger partial charge in [0.2, 0.25) is 0 Å². The number of alkyl halides is 3. The van der Waals surface area contributed by atoms with Crippen molar-refractivity contribution in [2.75, 3.05) is 13.1 Å². The van der Waals surface area contributed by atoms with Crippen LogP contribution in [0.1, 0.15) is 52.5 Å². The summed E-state index contributed by atoms with van der Waals surface area (Å²) in [7, 11) is 0. The van der Waals surface area contributed by atoms with E-state index in [2.05, 4.69) is 0 Å². The summed E-state index contributed by atoms with van der Waals surface area (Å²) in [6.45, 7) is 4.80. The Bertz CT molecular complexity index is 1510. The molecule has 1 amide bonds. The van der Waals surface area contributed by atoms with Gasteiger partial charge in [-0.2, -0.15) is 13.2 Å². The van der Waals surface area contributed by atoms with E-state index < -0.39 is 36.4 Å². The van der Waals surface area contributed by atoms with Crippen LogP contribution in [0.25, 0.3) is 10.2 Å². The van der Waals surface area contributed by atoms with Crippen LogP contribution in [0.4, 0.5) is 13.2 Å². The van der Waals surface area contributed by atoms with Crippen LogP contribution in [0.2, 0.25) is 0 Å². The molecule has 210 valence electrons. The van der Waals surface area contributed by atoms with Gasteiger partial charge in [0.25, 0.3) is 11.5 Å². The number of nitrogens with zero attached hydrogens (tertiary/aromatic N) is 3. The van der Waals surface area contributed by atoms with Crippen molar-refractivity contribution in [2.45, 2.75) is 71.8 Å². The lowest BCUT2D eigenvalue weighted by Crippen LogP contribution is -2.41. The fraction of sp³-hybridized carbons (Fsp3) is 0.481. The van der Waals surface area contributed by atoms with Crippen LogP contribution >= 0.6 is 11.3 Å². The van der Waals surface area contributed by atoms with E-state index in [0.717, 1.165) is 31.6 Å². The molecule has 1 aromatic carbocycles. The molecule has 0 radical (unpaired) electrons. The summed E-state index contributed by atoms with van der Waals surface area (Å²) in [5, 5.41) is 0.0872. The van der Waals surface area contributed by atoms with Crippen LogP contribution in [-0.4, -0.2) is 51.3 Å². The molecule has 0 unspecified atom stereocenters. The molecule has 1 saturated heterocycles. The minimum absolute atomic E-state index is 0.00862. The van der Waals surface area contributed by atoms with Crippen molar-refractivity contribution in [3.63, 3.8) is 0 Å². The monoisotopic (exact) mass is 565 g/mol. The Labute approximate surface area is 226 Å². The molecule has 0 N–H and O–H groups in total. The summed E-state index contributed by atoms with van der Waals surface area (Å²) in [5.74, 6) is -0.758. The molecule has 0 atom stereocenters. The average Bonchev–Trinajstić information content (AvgIpc) is 3.20. The van der Waals surface area contributed by atoms with Gasteiger partial charge in [0.15, 0.2) is 0 Å². The fourth-order valence-electron chi connectivity index (χ4n) is 4.90. The number of rotatable bonds is 7. The maximum Gasteiger partial charge on any atom is 0.390 e. The van der Waals surface area contributed by atoms with E-state index in [9.17, 15) is 32.3 Å². The highest BCUT2D eigenvalue weighted by Gasteiger charge is 2.31. The molecule has 0 bridgehead atoms. The number of aryl methyl sites for hydroxylation is 4. The number of halogens is 3. The number of likely N-dealkylation sites (tertiary alicyclic amines) is 1. The second kappa shape index (κ2) is 11.4. The first-order valence-corrected chi connectivity index (χ1v) is 13.5. The zero-order valence-electron chi connectivity index (χ0n) is 22.0. The summed E-state index contributed by atoms with van der Waals surface area (Å²) in [5.41, 5.74) is 0.793. The first-order chi connectivity index (χ1) is 18.4. The Morgan fingerprint density at radius 1 is 1.08 bits per heavy atom. The lowest BCUT2D eigenvalue weighted by Gasteiger charge is -2.31. The predicted molar refractivity (Wildman–Crippen MR) is 141 cm³/mol. The maximum atomic E-state index is 13.5. The molecule has 0 saturated carbocycles. The number of benzene rings is 1. The third kappa shape index (κ3) is 6.43. The smallest absolute Gasteiger partial charge is 0.390 e. The summed E-state index contributed by atoms with van der Waals surface area (Å²) in [4.78, 5) is 53.4. The van der Waals surface area contributed by atoms with Gasteiger partial charge in [-0.15, -0.1) is 11.3 Å². The van der Waals surface area contributed by atoms with Crippen molar-refractivity contribution in [3.8, 4) is 0 Å². The van der Waals surface area contributed by atoms with Crippen molar-refractivity contribution in [2.24, 2.45) is 0 Å². The average molecular weight is 566 g/mol. The van der Waals surface area contributed by atoms with Gasteiger partial charge in [0.05, 0.1) is 16.7 Å². The third-order valence-corrected chi connectivity index (χ3v) is 8.18. The summed E-state index contributed by atoms with van der Waals surface area (Å²) >= 11 is 0.873. The molecule has 4 rings (SSSR count). The van der Waals surface area contributed by atoms with Gasteiger partial charge in [0, 0.05) is 45.9 Å². The highest BCUT2D eigenvalue weighted by molar-refractivity contribution is 7.20. The topological polar surface area (TPSA) is 90.6 Å². The van der Waals surface area contributed by atoms with Crippen LogP contribution in [0.3, 0.4) is 0 Å². The van der Waals surface area contributed by atoms with Gasteiger partial charge in [-0.25, -0.2) is 4.79 Å². The SMILES string of the molecule is CC(=O)OC1CCN(C(=O)c2sc3c(c2C)c(=O)n(CCc2cccc(C)c2)c(=O)n3CCC(F)(F)F)CC1. The van der Waals surface area contributed by atoms with Crippen LogP contribution in [0, 0.1) is 13.8 Å². The van der Waals surface area contributed by atoms with Gasteiger partial charge in [-0.3, -0.25) is 23.5 Å². The van der Waals surface area contributed by atoms with Crippen LogP contribution in [0.15, 0.2) is 33.9 Å². The number of carbonyl (C=O) groups is 2. The first kappa shape index (κ1) is 28.6. The van der Waals surface area contributed by atoms with E-state index in [4.69, 9.17) is 4.74 Å². The maximum absolute atomic E-state index is 13.5. The molecule has 1 aliphatic rings. The zero-order chi connectivity index (χ0) is 28.5. The molecule has 12 heteroatoms. The second-order valence-corrected chi connectivity index (χ2v) is 10.8. The minimum Gasteiger partial charge on any atom is -0.462 e. The van der Waals surface area contributed by atoms with Crippen LogP contribution in [-0.2, 0) is 29.0 Å². The van der Waals surface area contributed by atoms with Crippen molar-refractivity contribution >= 4 is 33.4 Å². The van der Waals surface area contributed by atoms with E-state index in [0.29, 0.717) is 37.9 Å². The lowest BCUT2D eigenvalue weighted by molar-refractivity contribution is -0.148. The highest BCUT2D eigenvalue weighted by atomic mass is 32.1. The Morgan fingerprint density at radius 3 is 2.38 bits per heavy atom. The molecule has 8 nitrogen and oxygen atoms in total. The third-order valence-electron chi connectivity index (χ3n) is 6.88. The molecular weight excluding hydrogens is 535 g/mol. The van der Waals surface area contributed by atoms with E-state index in [1.54, 1.807) is 11.8 Å². The van der Waals surface area contributed by atoms with Gasteiger partial charge in [-0.1, -0.05) is 29.8 Å². The highest BCUT2D eigenvalue weighted by Crippen LogP contribution is 2.31. The van der Waals surface area contributed by atoms with Gasteiger partial charge >= 0.3 is 17.8 Å². The first-order valence-electron chi connectivity index (χ1n) is 12.7. The zero-order valence-corrected chi connectivity index (χ0v) is 22.8. The number of fused-ring (bicyclic) bond motifs is 1. The van der Waals surface area contributed by atoms with Crippen molar-refractivity contribution < 1.29 is 27.5 Å². The molecule has 3 aromatic rings. The van der Waals surface area contributed by atoms with Gasteiger partial charge in [-0.05, 0) is 31.4 Å². The van der Waals surface area contributed by atoms with Crippen LogP contribution < -0.4 is 11.2 Å². The molecular formula is C27H30F3N3O5S. The number of carbonyl (C=O) groups excluding carboxylic acids is 2. The van der Waals surface area contributed by atoms with E-state index in [1.165, 1.54) is 6.92 Å². The number of amides is 1. The second-order valence-electron chi connectivity index (χ2n) is 9.83. The standard InChI is InChI=1S/C27H30F3N3O5S/c1-16-5-4-6-19(15-16)7-13-32-23(35)21-17(2)22(24(36)31-11-8-20(9-12-31)38-18(3)34)39-25(21)33(26(32)37)14-10-27(28,29)30/h4-6,15,20H,7-14H2,1-3H3. The number of aromatic nitrogens is 2. The Kier molecular flexibility index (Phi) is 8.34. The normalized spacial score (nSPS) is 14.7. The van der Waals surface area contributed by atoms with Gasteiger partial charge in [0.1, 0.15) is 10.9 Å². The predicted octanol–water partition coefficient (Wildman–Crippen LogP) is 4.20. The summed E-state index contributed by atoms with van der Waals surface area (Å²) < 4.78 is 46.6. The summed E-state index contributed by atoms with van der Waals surface area (Å²) in [6, 6.07) is 7.55. The van der Waals surface area contributed by atoms with E-state index >= 15 is 0 Å². The van der Waals surface area contributed by atoms with E-state index in [1.807, 2.05) is 31.2 Å². The number of thiophene rings is 1. The fourth-order valence-corrected chi connectivity index (χ4v) is 6.18. The summed E-state index contributed by atoms with van der Waals surface area (Å²) in [6.07, 6.45) is -4.79. The molecule has 3 heterocycles. The number of hydrogen-bond donors (Lipinski definition) is 0. The molecule has 2 aromatic heterocycles.